The zero-order valence-corrected chi connectivity index (χ0v) is 10.3. The first-order valence-electron chi connectivity index (χ1n) is 5.49. The number of carbonyl (C=O) groups excluding carboxylic acids is 2. The second kappa shape index (κ2) is 11.2. The maximum absolute atomic E-state index is 10.7. The summed E-state index contributed by atoms with van der Waals surface area (Å²) >= 11 is 0. The number of rotatable bonds is 1. The lowest BCUT2D eigenvalue weighted by Crippen LogP contribution is -2.38. The molecular weight excluding hydrogens is 192 g/mol. The average molecular weight is 216 g/mol. The minimum absolute atomic E-state index is 0.0961. The number of aldehydes is 1. The van der Waals surface area contributed by atoms with Gasteiger partial charge in [0.15, 0.2) is 0 Å². The lowest BCUT2D eigenvalue weighted by Gasteiger charge is -2.27. The van der Waals surface area contributed by atoms with Crippen LogP contribution in [0.15, 0.2) is 0 Å². The topological polar surface area (TPSA) is 63.4 Å². The summed E-state index contributed by atoms with van der Waals surface area (Å²) in [4.78, 5) is 21.7. The Morgan fingerprint density at radius 2 is 1.93 bits per heavy atom. The largest absolute Gasteiger partial charge is 0.369 e. The standard InChI is InChI=1S/C7H14N2O.C2H4O.C2H6/c1-9-4-2-3-6(5-9)7(8)10;1-2-3;1-2/h6H,2-5H2,1H3,(H2,8,10);2H,1H3;1-2H3. The van der Waals surface area contributed by atoms with Gasteiger partial charge in [-0.2, -0.15) is 0 Å². The molecule has 4 heteroatoms. The fraction of sp³-hybridized carbons (Fsp3) is 0.818. The van der Waals surface area contributed by atoms with Crippen molar-refractivity contribution in [1.82, 2.24) is 4.90 Å². The second-order valence-electron chi connectivity index (χ2n) is 3.24. The van der Waals surface area contributed by atoms with E-state index in [4.69, 9.17) is 10.5 Å². The van der Waals surface area contributed by atoms with Gasteiger partial charge >= 0.3 is 0 Å². The molecule has 0 saturated carbocycles. The molecule has 0 aromatic rings. The van der Waals surface area contributed by atoms with Crippen LogP contribution in [0.4, 0.5) is 0 Å². The maximum atomic E-state index is 10.7. The van der Waals surface area contributed by atoms with Crippen molar-refractivity contribution in [3.8, 4) is 0 Å². The molecule has 1 amide bonds. The van der Waals surface area contributed by atoms with Gasteiger partial charge in [-0.05, 0) is 33.4 Å². The Hall–Kier alpha value is -0.900. The highest BCUT2D eigenvalue weighted by atomic mass is 16.1. The number of piperidine rings is 1. The molecule has 2 N–H and O–H groups in total. The highest BCUT2D eigenvalue weighted by molar-refractivity contribution is 5.76. The van der Waals surface area contributed by atoms with Crippen LogP contribution in [-0.4, -0.2) is 37.2 Å². The summed E-state index contributed by atoms with van der Waals surface area (Å²) < 4.78 is 0. The van der Waals surface area contributed by atoms with Crippen LogP contribution in [0.1, 0.15) is 33.6 Å². The molecule has 1 fully saturated rings. The molecule has 1 atom stereocenters. The first-order chi connectivity index (χ1) is 7.11. The zero-order chi connectivity index (χ0) is 12.3. The van der Waals surface area contributed by atoms with E-state index in [0.717, 1.165) is 32.2 Å². The second-order valence-corrected chi connectivity index (χ2v) is 3.24. The molecule has 15 heavy (non-hydrogen) atoms. The predicted molar refractivity (Wildman–Crippen MR) is 62.5 cm³/mol. The summed E-state index contributed by atoms with van der Waals surface area (Å²) in [5.41, 5.74) is 5.16. The molecule has 4 nitrogen and oxygen atoms in total. The monoisotopic (exact) mass is 216 g/mol. The van der Waals surface area contributed by atoms with Gasteiger partial charge in [0.05, 0.1) is 5.92 Å². The lowest BCUT2D eigenvalue weighted by molar-refractivity contribution is -0.123. The number of hydrogen-bond acceptors (Lipinski definition) is 3. The van der Waals surface area contributed by atoms with Gasteiger partial charge in [0.1, 0.15) is 6.29 Å². The molecule has 1 heterocycles. The number of primary amides is 1. The summed E-state index contributed by atoms with van der Waals surface area (Å²) in [7, 11) is 2.02. The van der Waals surface area contributed by atoms with E-state index in [1.54, 1.807) is 0 Å². The fourth-order valence-electron chi connectivity index (χ4n) is 1.40. The van der Waals surface area contributed by atoms with Crippen LogP contribution in [0.5, 0.6) is 0 Å². The minimum atomic E-state index is -0.147. The van der Waals surface area contributed by atoms with E-state index in [1.165, 1.54) is 6.92 Å². The molecule has 1 rings (SSSR count). The third kappa shape index (κ3) is 9.41. The molecule has 1 unspecified atom stereocenters. The van der Waals surface area contributed by atoms with Gasteiger partial charge in [-0.15, -0.1) is 0 Å². The third-order valence-electron chi connectivity index (χ3n) is 2.03. The molecule has 0 radical (unpaired) electrons. The lowest BCUT2D eigenvalue weighted by atomic mass is 9.98. The summed E-state index contributed by atoms with van der Waals surface area (Å²) in [5, 5.41) is 0. The van der Waals surface area contributed by atoms with Crippen LogP contribution < -0.4 is 5.73 Å². The third-order valence-corrected chi connectivity index (χ3v) is 2.03. The van der Waals surface area contributed by atoms with E-state index in [-0.39, 0.29) is 11.8 Å². The number of amides is 1. The summed E-state index contributed by atoms with van der Waals surface area (Å²) in [6.07, 6.45) is 2.82. The van der Waals surface area contributed by atoms with Crippen molar-refractivity contribution in [2.75, 3.05) is 20.1 Å². The number of hydrogen-bond donors (Lipinski definition) is 1. The highest BCUT2D eigenvalue weighted by Crippen LogP contribution is 2.13. The molecule has 0 aromatic heterocycles. The van der Waals surface area contributed by atoms with Crippen LogP contribution in [0.25, 0.3) is 0 Å². The molecule has 1 aliphatic rings. The van der Waals surface area contributed by atoms with E-state index in [9.17, 15) is 4.79 Å². The van der Waals surface area contributed by atoms with Crippen molar-refractivity contribution in [2.45, 2.75) is 33.6 Å². The van der Waals surface area contributed by atoms with Crippen LogP contribution in [0.2, 0.25) is 0 Å². The molecular formula is C11H24N2O2. The van der Waals surface area contributed by atoms with Crippen LogP contribution >= 0.6 is 0 Å². The Morgan fingerprint density at radius 1 is 1.47 bits per heavy atom. The summed E-state index contributed by atoms with van der Waals surface area (Å²) in [6.45, 7) is 7.39. The van der Waals surface area contributed by atoms with Gasteiger partial charge < -0.3 is 15.4 Å². The molecule has 0 spiro atoms. The van der Waals surface area contributed by atoms with Gasteiger partial charge in [0, 0.05) is 6.54 Å². The Balaban J connectivity index is 0. The Bertz CT molecular complexity index is 172. The molecule has 1 saturated heterocycles. The van der Waals surface area contributed by atoms with E-state index in [1.807, 2.05) is 20.9 Å². The zero-order valence-electron chi connectivity index (χ0n) is 10.3. The van der Waals surface area contributed by atoms with Gasteiger partial charge in [-0.1, -0.05) is 13.8 Å². The van der Waals surface area contributed by atoms with Crippen molar-refractivity contribution < 1.29 is 9.59 Å². The van der Waals surface area contributed by atoms with E-state index < -0.39 is 0 Å². The summed E-state index contributed by atoms with van der Waals surface area (Å²) in [6, 6.07) is 0. The Morgan fingerprint density at radius 3 is 2.20 bits per heavy atom. The minimum Gasteiger partial charge on any atom is -0.369 e. The molecule has 1 aliphatic heterocycles. The van der Waals surface area contributed by atoms with Crippen LogP contribution in [-0.2, 0) is 9.59 Å². The molecule has 0 bridgehead atoms. The van der Waals surface area contributed by atoms with Crippen molar-refractivity contribution in [2.24, 2.45) is 11.7 Å². The Labute approximate surface area is 92.8 Å². The highest BCUT2D eigenvalue weighted by Gasteiger charge is 2.20. The van der Waals surface area contributed by atoms with E-state index >= 15 is 0 Å². The smallest absolute Gasteiger partial charge is 0.221 e. The summed E-state index contributed by atoms with van der Waals surface area (Å²) in [5.74, 6) is -0.0506. The van der Waals surface area contributed by atoms with Gasteiger partial charge in [0.2, 0.25) is 5.91 Å². The van der Waals surface area contributed by atoms with Crippen molar-refractivity contribution in [1.29, 1.82) is 0 Å². The van der Waals surface area contributed by atoms with Gasteiger partial charge in [-0.25, -0.2) is 0 Å². The number of likely N-dealkylation sites (tertiary alicyclic amines) is 1. The normalized spacial score (nSPS) is 20.1. The van der Waals surface area contributed by atoms with Crippen molar-refractivity contribution in [3.05, 3.63) is 0 Å². The predicted octanol–water partition coefficient (Wildman–Crippen LogP) is 1.04. The number of nitrogens with zero attached hydrogens (tertiary/aromatic N) is 1. The molecule has 90 valence electrons. The molecule has 0 aromatic carbocycles. The first kappa shape index (κ1) is 16.5. The van der Waals surface area contributed by atoms with Crippen LogP contribution in [0.3, 0.4) is 0 Å². The van der Waals surface area contributed by atoms with E-state index in [0.29, 0.717) is 0 Å². The van der Waals surface area contributed by atoms with Crippen molar-refractivity contribution in [3.63, 3.8) is 0 Å². The van der Waals surface area contributed by atoms with Crippen LogP contribution in [0, 0.1) is 5.92 Å². The Kier molecular flexibility index (Phi) is 12.3. The SMILES string of the molecule is CC.CC=O.CN1CCCC(C(N)=O)C1. The maximum Gasteiger partial charge on any atom is 0.221 e. The fourth-order valence-corrected chi connectivity index (χ4v) is 1.40. The molecule has 0 aliphatic carbocycles. The van der Waals surface area contributed by atoms with Gasteiger partial charge in [-0.3, -0.25) is 4.79 Å². The quantitative estimate of drug-likeness (QED) is 0.666. The number of nitrogens with two attached hydrogens (primary N) is 1. The van der Waals surface area contributed by atoms with E-state index in [2.05, 4.69) is 4.90 Å². The van der Waals surface area contributed by atoms with Gasteiger partial charge in [0.25, 0.3) is 0 Å². The average Bonchev–Trinajstić information content (AvgIpc) is 2.22. The van der Waals surface area contributed by atoms with Crippen molar-refractivity contribution >= 4 is 12.2 Å². The first-order valence-corrected chi connectivity index (χ1v) is 5.49. The number of carbonyl (C=O) groups is 2.